The third-order valence-electron chi connectivity index (χ3n) is 6.19. The minimum absolute atomic E-state index is 0.0332. The van der Waals surface area contributed by atoms with E-state index in [0.717, 1.165) is 5.56 Å². The lowest BCUT2D eigenvalue weighted by molar-refractivity contribution is -0.132. The summed E-state index contributed by atoms with van der Waals surface area (Å²) in [4.78, 5) is 28.0. The molecule has 36 heavy (non-hydrogen) atoms. The van der Waals surface area contributed by atoms with Crippen molar-refractivity contribution >= 4 is 23.1 Å². The molecule has 7 heteroatoms. The van der Waals surface area contributed by atoms with Gasteiger partial charge in [0.25, 0.3) is 11.7 Å². The van der Waals surface area contributed by atoms with Gasteiger partial charge >= 0.3 is 0 Å². The number of Topliss-reactive ketones (excluding diaryl/α,β-unsaturated/α-hetero) is 1. The maximum Gasteiger partial charge on any atom is 0.300 e. The lowest BCUT2D eigenvalue weighted by Crippen LogP contribution is -2.29. The minimum atomic E-state index is -0.934. The van der Waals surface area contributed by atoms with Gasteiger partial charge in [0.05, 0.1) is 19.3 Å². The lowest BCUT2D eigenvalue weighted by atomic mass is 9.84. The van der Waals surface area contributed by atoms with Crippen molar-refractivity contribution < 1.29 is 28.6 Å². The predicted molar refractivity (Wildman–Crippen MR) is 138 cm³/mol. The number of hydrogen-bond acceptors (Lipinski definition) is 6. The number of ketones is 1. The molecule has 0 radical (unpaired) electrons. The fourth-order valence-electron chi connectivity index (χ4n) is 4.41. The van der Waals surface area contributed by atoms with Gasteiger partial charge in [0.1, 0.15) is 34.8 Å². The van der Waals surface area contributed by atoms with Crippen LogP contribution in [0.2, 0.25) is 0 Å². The molecule has 1 amide bonds. The fourth-order valence-corrected chi connectivity index (χ4v) is 4.41. The van der Waals surface area contributed by atoms with Crippen molar-refractivity contribution in [2.75, 3.05) is 18.6 Å². The zero-order chi connectivity index (χ0) is 26.2. The number of aryl methyl sites for hydroxylation is 1. The number of methoxy groups -OCH3 is 1. The Balaban J connectivity index is 1.91. The summed E-state index contributed by atoms with van der Waals surface area (Å²) in [7, 11) is 1.55. The molecule has 1 N–H and O–H groups in total. The van der Waals surface area contributed by atoms with Crippen LogP contribution < -0.4 is 14.4 Å². The van der Waals surface area contributed by atoms with E-state index in [9.17, 15) is 14.7 Å². The number of carbonyl (C=O) groups excluding carboxylic acids is 2. The molecule has 2 heterocycles. The lowest BCUT2D eigenvalue weighted by Gasteiger charge is -2.25. The summed E-state index contributed by atoms with van der Waals surface area (Å²) < 4.78 is 16.9. The van der Waals surface area contributed by atoms with Crippen molar-refractivity contribution in [3.8, 4) is 11.5 Å². The highest BCUT2D eigenvalue weighted by molar-refractivity contribution is 6.51. The van der Waals surface area contributed by atoms with Gasteiger partial charge < -0.3 is 19.0 Å². The van der Waals surface area contributed by atoms with Gasteiger partial charge in [-0.25, -0.2) is 0 Å². The molecule has 1 aliphatic rings. The molecule has 7 nitrogen and oxygen atoms in total. The predicted octanol–water partition coefficient (Wildman–Crippen LogP) is 5.92. The SMILES string of the molecule is CCOc1ccc(/C(O)=C2/C(=O)C(=O)N(c3ccc(OC)cc3)C2c2ccc(C)o2)cc1C(C)(C)C. The van der Waals surface area contributed by atoms with Gasteiger partial charge in [-0.2, -0.15) is 0 Å². The van der Waals surface area contributed by atoms with Crippen molar-refractivity contribution in [2.45, 2.75) is 46.1 Å². The normalized spacial score (nSPS) is 17.5. The van der Waals surface area contributed by atoms with Gasteiger partial charge in [-0.3, -0.25) is 14.5 Å². The number of benzene rings is 2. The van der Waals surface area contributed by atoms with E-state index in [1.807, 2.05) is 33.8 Å². The molecule has 1 aliphatic heterocycles. The van der Waals surface area contributed by atoms with E-state index in [1.165, 1.54) is 4.90 Å². The van der Waals surface area contributed by atoms with Crippen LogP contribution in [0.15, 0.2) is 64.6 Å². The number of anilines is 1. The molecule has 0 spiro atoms. The molecule has 0 saturated carbocycles. The van der Waals surface area contributed by atoms with E-state index in [1.54, 1.807) is 62.6 Å². The smallest absolute Gasteiger partial charge is 0.300 e. The third-order valence-corrected chi connectivity index (χ3v) is 6.19. The summed E-state index contributed by atoms with van der Waals surface area (Å²) >= 11 is 0. The number of nitrogens with zero attached hydrogens (tertiary/aromatic N) is 1. The number of furan rings is 1. The second-order valence-electron chi connectivity index (χ2n) is 9.71. The Morgan fingerprint density at radius 3 is 2.31 bits per heavy atom. The molecule has 1 fully saturated rings. The zero-order valence-electron chi connectivity index (χ0n) is 21.4. The van der Waals surface area contributed by atoms with Gasteiger partial charge in [-0.1, -0.05) is 20.8 Å². The van der Waals surface area contributed by atoms with Gasteiger partial charge in [0, 0.05) is 16.8 Å². The average molecular weight is 490 g/mol. The monoisotopic (exact) mass is 489 g/mol. The first-order valence-electron chi connectivity index (χ1n) is 11.9. The van der Waals surface area contributed by atoms with Crippen LogP contribution in [0.3, 0.4) is 0 Å². The van der Waals surface area contributed by atoms with Crippen LogP contribution >= 0.6 is 0 Å². The average Bonchev–Trinajstić information content (AvgIpc) is 3.39. The number of amides is 1. The highest BCUT2D eigenvalue weighted by Gasteiger charge is 2.48. The van der Waals surface area contributed by atoms with Crippen molar-refractivity contribution in [1.29, 1.82) is 0 Å². The maximum absolute atomic E-state index is 13.4. The highest BCUT2D eigenvalue weighted by Crippen LogP contribution is 2.43. The molecule has 3 aromatic rings. The summed E-state index contributed by atoms with van der Waals surface area (Å²) in [6.45, 7) is 10.3. The van der Waals surface area contributed by atoms with Crippen molar-refractivity contribution in [3.05, 3.63) is 82.8 Å². The Bertz CT molecular complexity index is 1330. The summed E-state index contributed by atoms with van der Waals surface area (Å²) in [5, 5.41) is 11.5. The molecule has 188 valence electrons. The van der Waals surface area contributed by atoms with E-state index < -0.39 is 17.7 Å². The number of hydrogen-bond donors (Lipinski definition) is 1. The highest BCUT2D eigenvalue weighted by atomic mass is 16.5. The molecular formula is C29H31NO6. The second kappa shape index (κ2) is 9.57. The Morgan fingerprint density at radius 2 is 1.75 bits per heavy atom. The topological polar surface area (TPSA) is 89.2 Å². The van der Waals surface area contributed by atoms with Gasteiger partial charge in [0.2, 0.25) is 0 Å². The number of carbonyl (C=O) groups is 2. The summed E-state index contributed by atoms with van der Waals surface area (Å²) in [5.74, 6) is 0.531. The van der Waals surface area contributed by atoms with E-state index in [-0.39, 0.29) is 16.7 Å². The molecule has 1 saturated heterocycles. The van der Waals surface area contributed by atoms with Crippen molar-refractivity contribution in [3.63, 3.8) is 0 Å². The Hall–Kier alpha value is -4.00. The van der Waals surface area contributed by atoms with Crippen LogP contribution in [0.5, 0.6) is 11.5 Å². The summed E-state index contributed by atoms with van der Waals surface area (Å²) in [6.07, 6.45) is 0. The Labute approximate surface area is 210 Å². The van der Waals surface area contributed by atoms with Crippen molar-refractivity contribution in [2.24, 2.45) is 0 Å². The molecule has 0 aliphatic carbocycles. The van der Waals surface area contributed by atoms with Gasteiger partial charge in [-0.05, 0) is 73.9 Å². The van der Waals surface area contributed by atoms with E-state index >= 15 is 0 Å². The third kappa shape index (κ3) is 4.49. The number of aliphatic hydroxyl groups excluding tert-OH is 1. The molecular weight excluding hydrogens is 458 g/mol. The van der Waals surface area contributed by atoms with Crippen LogP contribution in [-0.2, 0) is 15.0 Å². The van der Waals surface area contributed by atoms with E-state index in [2.05, 4.69) is 0 Å². The molecule has 4 rings (SSSR count). The van der Waals surface area contributed by atoms with E-state index in [4.69, 9.17) is 13.9 Å². The number of rotatable bonds is 6. The fraction of sp³-hybridized carbons (Fsp3) is 0.310. The quantitative estimate of drug-likeness (QED) is 0.263. The second-order valence-corrected chi connectivity index (χ2v) is 9.71. The van der Waals surface area contributed by atoms with Crippen LogP contribution in [0.4, 0.5) is 5.69 Å². The number of aliphatic hydroxyl groups is 1. The molecule has 1 unspecified atom stereocenters. The molecule has 1 aromatic heterocycles. The maximum atomic E-state index is 13.4. The van der Waals surface area contributed by atoms with E-state index in [0.29, 0.717) is 40.9 Å². The first-order valence-corrected chi connectivity index (χ1v) is 11.9. The first kappa shape index (κ1) is 25.1. The summed E-state index contributed by atoms with van der Waals surface area (Å²) in [5.41, 5.74) is 1.47. The first-order chi connectivity index (χ1) is 17.1. The van der Waals surface area contributed by atoms with Crippen molar-refractivity contribution in [1.82, 2.24) is 0 Å². The zero-order valence-corrected chi connectivity index (χ0v) is 21.4. The molecule has 1 atom stereocenters. The standard InChI is InChI=1S/C29H31NO6/c1-7-35-22-15-9-18(16-21(22)29(3,4)5)26(31)24-25(23-14-8-17(2)36-23)30(28(33)27(24)32)19-10-12-20(34-6)13-11-19/h8-16,25,31H,7H2,1-6H3/b26-24-. The van der Waals surface area contributed by atoms with Crippen LogP contribution in [0.1, 0.15) is 56.4 Å². The van der Waals surface area contributed by atoms with Crippen LogP contribution in [0, 0.1) is 6.92 Å². The minimum Gasteiger partial charge on any atom is -0.507 e. The molecule has 0 bridgehead atoms. The van der Waals surface area contributed by atoms with Crippen LogP contribution in [0.25, 0.3) is 5.76 Å². The molecule has 2 aromatic carbocycles. The van der Waals surface area contributed by atoms with Gasteiger partial charge in [-0.15, -0.1) is 0 Å². The van der Waals surface area contributed by atoms with Crippen LogP contribution in [-0.4, -0.2) is 30.5 Å². The number of ether oxygens (including phenoxy) is 2. The largest absolute Gasteiger partial charge is 0.507 e. The van der Waals surface area contributed by atoms with Gasteiger partial charge in [0.15, 0.2) is 0 Å². The Morgan fingerprint density at radius 1 is 1.06 bits per heavy atom. The summed E-state index contributed by atoms with van der Waals surface area (Å²) in [6, 6.07) is 14.6. The Kier molecular flexibility index (Phi) is 6.67.